The van der Waals surface area contributed by atoms with Crippen molar-refractivity contribution in [3.63, 3.8) is 0 Å². The Kier molecular flexibility index (Phi) is 6.76. The number of likely N-dealkylation sites (tertiary alicyclic amines) is 1. The summed E-state index contributed by atoms with van der Waals surface area (Å²) >= 11 is 0. The lowest BCUT2D eigenvalue weighted by molar-refractivity contribution is -0.143. The van der Waals surface area contributed by atoms with Crippen molar-refractivity contribution in [3.05, 3.63) is 12.3 Å². The number of rotatable bonds is 6. The van der Waals surface area contributed by atoms with E-state index in [9.17, 15) is 14.7 Å². The summed E-state index contributed by atoms with van der Waals surface area (Å²) in [6.07, 6.45) is 8.00. The maximum absolute atomic E-state index is 13.0. The van der Waals surface area contributed by atoms with Crippen LogP contribution in [0.25, 0.3) is 0 Å². The van der Waals surface area contributed by atoms with Crippen LogP contribution in [-0.4, -0.2) is 94.9 Å². The van der Waals surface area contributed by atoms with E-state index in [1.807, 2.05) is 13.1 Å². The van der Waals surface area contributed by atoms with Gasteiger partial charge in [0.1, 0.15) is 11.9 Å². The van der Waals surface area contributed by atoms with E-state index in [2.05, 4.69) is 30.0 Å². The van der Waals surface area contributed by atoms with Gasteiger partial charge in [-0.1, -0.05) is 6.42 Å². The molecule has 186 valence electrons. The Morgan fingerprint density at radius 1 is 1.15 bits per heavy atom. The fourth-order valence-corrected chi connectivity index (χ4v) is 6.34. The molecule has 3 atom stereocenters. The quantitative estimate of drug-likeness (QED) is 0.644. The largest absolute Gasteiger partial charge is 0.481 e. The van der Waals surface area contributed by atoms with E-state index in [4.69, 9.17) is 4.74 Å². The molecule has 0 aromatic carbocycles. The van der Waals surface area contributed by atoms with Gasteiger partial charge in [-0.25, -0.2) is 9.78 Å². The second-order valence-corrected chi connectivity index (χ2v) is 10.1. The fourth-order valence-electron chi connectivity index (χ4n) is 6.34. The highest BCUT2D eigenvalue weighted by atomic mass is 16.6. The Balaban J connectivity index is 1.18. The summed E-state index contributed by atoms with van der Waals surface area (Å²) in [5.41, 5.74) is 0. The summed E-state index contributed by atoms with van der Waals surface area (Å²) in [4.78, 5) is 39.7. The lowest BCUT2D eigenvalue weighted by atomic mass is 9.81. The summed E-state index contributed by atoms with van der Waals surface area (Å²) in [6.45, 7) is 4.25. The van der Waals surface area contributed by atoms with E-state index in [1.165, 1.54) is 0 Å². The third-order valence-corrected chi connectivity index (χ3v) is 8.20. The van der Waals surface area contributed by atoms with Crippen LogP contribution < -0.4 is 10.2 Å². The van der Waals surface area contributed by atoms with Gasteiger partial charge in [-0.15, -0.1) is 0 Å². The fraction of sp³-hybridized carbons (Fsp3) is 0.750. The van der Waals surface area contributed by atoms with Crippen molar-refractivity contribution < 1.29 is 19.4 Å². The molecule has 3 unspecified atom stereocenters. The van der Waals surface area contributed by atoms with Gasteiger partial charge in [0.15, 0.2) is 0 Å². The zero-order valence-electron chi connectivity index (χ0n) is 19.9. The molecule has 0 bridgehead atoms. The van der Waals surface area contributed by atoms with Crippen LogP contribution >= 0.6 is 0 Å². The Hall–Kier alpha value is -2.62. The maximum atomic E-state index is 13.0. The van der Waals surface area contributed by atoms with Gasteiger partial charge in [-0.2, -0.15) is 4.98 Å². The molecule has 1 aliphatic carbocycles. The number of anilines is 2. The van der Waals surface area contributed by atoms with Crippen molar-refractivity contribution in [2.45, 2.75) is 63.1 Å². The van der Waals surface area contributed by atoms with Crippen molar-refractivity contribution in [2.24, 2.45) is 11.8 Å². The van der Waals surface area contributed by atoms with Crippen molar-refractivity contribution in [1.29, 1.82) is 0 Å². The summed E-state index contributed by atoms with van der Waals surface area (Å²) in [7, 11) is 1.82. The molecule has 1 aromatic heterocycles. The predicted octanol–water partition coefficient (Wildman–Crippen LogP) is 2.27. The number of piperidine rings is 2. The predicted molar refractivity (Wildman–Crippen MR) is 127 cm³/mol. The van der Waals surface area contributed by atoms with Crippen LogP contribution in [-0.2, 0) is 9.53 Å². The van der Waals surface area contributed by atoms with Crippen LogP contribution in [0.15, 0.2) is 12.3 Å². The molecule has 4 heterocycles. The van der Waals surface area contributed by atoms with E-state index in [0.717, 1.165) is 70.6 Å². The molecule has 0 radical (unpaired) electrons. The second kappa shape index (κ2) is 9.93. The minimum absolute atomic E-state index is 0.0449. The van der Waals surface area contributed by atoms with E-state index >= 15 is 0 Å². The maximum Gasteiger partial charge on any atom is 0.410 e. The molecule has 5 rings (SSSR count). The van der Waals surface area contributed by atoms with E-state index < -0.39 is 5.97 Å². The second-order valence-electron chi connectivity index (χ2n) is 10.1. The first-order valence-corrected chi connectivity index (χ1v) is 12.7. The number of nitrogens with zero attached hydrogens (tertiary/aromatic N) is 5. The van der Waals surface area contributed by atoms with Gasteiger partial charge >= 0.3 is 12.1 Å². The van der Waals surface area contributed by atoms with Crippen LogP contribution in [0.4, 0.5) is 16.6 Å². The molecule has 4 fully saturated rings. The van der Waals surface area contributed by atoms with Crippen molar-refractivity contribution in [3.8, 4) is 0 Å². The summed E-state index contributed by atoms with van der Waals surface area (Å²) in [6, 6.07) is 2.30. The number of carboxylic acid groups (broad SMARTS) is 1. The molecular formula is C24H36N6O4. The third kappa shape index (κ3) is 4.64. The first kappa shape index (κ1) is 23.1. The van der Waals surface area contributed by atoms with Crippen LogP contribution in [0, 0.1) is 11.8 Å². The highest BCUT2D eigenvalue weighted by Crippen LogP contribution is 2.39. The summed E-state index contributed by atoms with van der Waals surface area (Å²) < 4.78 is 6.01. The van der Waals surface area contributed by atoms with Crippen LogP contribution in [0.3, 0.4) is 0 Å². The molecule has 0 spiro atoms. The SMILES string of the molecule is CNc1nccc(N2CCC(N3C(=O)OC4C(CN5CCC(C(=O)O)CC5)CCCC43)CC2)n1. The Bertz CT molecular complexity index is 884. The van der Waals surface area contributed by atoms with Gasteiger partial charge in [0.05, 0.1) is 12.0 Å². The van der Waals surface area contributed by atoms with Gasteiger partial charge in [0.2, 0.25) is 5.95 Å². The Labute approximate surface area is 200 Å². The number of carboxylic acids is 1. The van der Waals surface area contributed by atoms with Gasteiger partial charge in [-0.05, 0) is 57.7 Å². The molecule has 4 aliphatic rings. The molecule has 10 nitrogen and oxygen atoms in total. The smallest absolute Gasteiger partial charge is 0.410 e. The number of amides is 1. The van der Waals surface area contributed by atoms with Gasteiger partial charge in [-0.3, -0.25) is 9.69 Å². The average Bonchev–Trinajstić information content (AvgIpc) is 3.21. The standard InChI is InChI=1S/C24H36N6O4/c1-25-23-26-10-5-20(27-23)29-13-8-18(9-14-29)30-19-4-2-3-17(21(19)34-24(30)33)15-28-11-6-16(7-12-28)22(31)32/h5,10,16-19,21H,2-4,6-9,11-15H2,1H3,(H,31,32)(H,25,26,27). The zero-order valence-corrected chi connectivity index (χ0v) is 19.9. The molecule has 3 aliphatic heterocycles. The normalized spacial score (nSPS) is 29.1. The van der Waals surface area contributed by atoms with Crippen LogP contribution in [0.2, 0.25) is 0 Å². The molecular weight excluding hydrogens is 436 g/mol. The minimum atomic E-state index is -0.675. The van der Waals surface area contributed by atoms with Crippen LogP contribution in [0.1, 0.15) is 44.9 Å². The number of carbonyl (C=O) groups is 2. The minimum Gasteiger partial charge on any atom is -0.481 e. The summed E-state index contributed by atoms with van der Waals surface area (Å²) in [5.74, 6) is 0.976. The first-order valence-electron chi connectivity index (χ1n) is 12.7. The number of hydrogen-bond donors (Lipinski definition) is 2. The van der Waals surface area contributed by atoms with Crippen LogP contribution in [0.5, 0.6) is 0 Å². The number of hydrogen-bond acceptors (Lipinski definition) is 8. The molecule has 1 aromatic rings. The highest BCUT2D eigenvalue weighted by Gasteiger charge is 2.50. The lowest BCUT2D eigenvalue weighted by Gasteiger charge is -2.42. The molecule has 10 heteroatoms. The summed E-state index contributed by atoms with van der Waals surface area (Å²) in [5, 5.41) is 12.3. The zero-order chi connectivity index (χ0) is 23.7. The first-order chi connectivity index (χ1) is 16.5. The van der Waals surface area contributed by atoms with Gasteiger partial charge < -0.3 is 25.0 Å². The number of carbonyl (C=O) groups excluding carboxylic acids is 1. The Morgan fingerprint density at radius 2 is 1.91 bits per heavy atom. The number of aliphatic carboxylic acids is 1. The topological polar surface area (TPSA) is 111 Å². The Morgan fingerprint density at radius 3 is 2.62 bits per heavy atom. The molecule has 34 heavy (non-hydrogen) atoms. The average molecular weight is 473 g/mol. The van der Waals surface area contributed by atoms with E-state index in [1.54, 1.807) is 6.20 Å². The lowest BCUT2D eigenvalue weighted by Crippen LogP contribution is -2.52. The van der Waals surface area contributed by atoms with Gasteiger partial charge in [0, 0.05) is 44.8 Å². The number of ether oxygens (including phenoxy) is 1. The van der Waals surface area contributed by atoms with Crippen molar-refractivity contribution >= 4 is 23.8 Å². The number of nitrogens with one attached hydrogen (secondary N) is 1. The monoisotopic (exact) mass is 472 g/mol. The van der Waals surface area contributed by atoms with E-state index in [0.29, 0.717) is 24.7 Å². The van der Waals surface area contributed by atoms with Crippen molar-refractivity contribution in [2.75, 3.05) is 50.0 Å². The van der Waals surface area contributed by atoms with Gasteiger partial charge in [0.25, 0.3) is 0 Å². The van der Waals surface area contributed by atoms with E-state index in [-0.39, 0.29) is 30.2 Å². The highest BCUT2D eigenvalue weighted by molar-refractivity contribution is 5.71. The molecule has 1 saturated carbocycles. The van der Waals surface area contributed by atoms with Crippen molar-refractivity contribution in [1.82, 2.24) is 19.8 Å². The molecule has 3 saturated heterocycles. The molecule has 1 amide bonds. The number of fused-ring (bicyclic) bond motifs is 1. The third-order valence-electron chi connectivity index (χ3n) is 8.20. The number of aromatic nitrogens is 2. The molecule has 2 N–H and O–H groups in total.